The molecule has 1 heterocycles. The molecule has 0 aliphatic carbocycles. The van der Waals surface area contributed by atoms with Crippen molar-refractivity contribution in [1.29, 1.82) is 0 Å². The van der Waals surface area contributed by atoms with E-state index in [0.717, 1.165) is 0 Å². The summed E-state index contributed by atoms with van der Waals surface area (Å²) in [6, 6.07) is 5.82. The molecule has 6 nitrogen and oxygen atoms in total. The Morgan fingerprint density at radius 2 is 1.95 bits per heavy atom. The zero-order valence-electron chi connectivity index (χ0n) is 12.3. The van der Waals surface area contributed by atoms with E-state index in [1.807, 2.05) is 0 Å². The van der Waals surface area contributed by atoms with Crippen LogP contribution < -0.4 is 16.8 Å². The van der Waals surface area contributed by atoms with Gasteiger partial charge in [0.15, 0.2) is 0 Å². The first kappa shape index (κ1) is 15.6. The molecule has 0 unspecified atom stereocenters. The molecular formula is C15H17FN4O2. The molecule has 0 bridgehead atoms. The van der Waals surface area contributed by atoms with Gasteiger partial charge in [-0.05, 0) is 38.1 Å². The molecule has 2 aromatic rings. The lowest BCUT2D eigenvalue weighted by atomic mass is 10.0. The molecule has 0 saturated heterocycles. The lowest BCUT2D eigenvalue weighted by Gasteiger charge is -2.15. The van der Waals surface area contributed by atoms with E-state index in [-0.39, 0.29) is 23.9 Å². The molecule has 0 radical (unpaired) electrons. The number of nitrogens with one attached hydrogen (secondary N) is 1. The summed E-state index contributed by atoms with van der Waals surface area (Å²) in [4.78, 5) is 15.8. The first-order chi connectivity index (χ1) is 10.4. The maximum Gasteiger partial charge on any atom is 0.411 e. The number of nitrogen functional groups attached to an aromatic ring is 2. The Bertz CT molecular complexity index is 702. The lowest BCUT2D eigenvalue weighted by molar-refractivity contribution is 0.168. The van der Waals surface area contributed by atoms with Gasteiger partial charge < -0.3 is 16.2 Å². The van der Waals surface area contributed by atoms with Gasteiger partial charge in [0, 0.05) is 11.1 Å². The van der Waals surface area contributed by atoms with Crippen LogP contribution >= 0.6 is 0 Å². The van der Waals surface area contributed by atoms with Crippen molar-refractivity contribution in [3.05, 3.63) is 35.6 Å². The second kappa shape index (κ2) is 6.30. The van der Waals surface area contributed by atoms with E-state index in [0.29, 0.717) is 22.5 Å². The molecule has 1 amide bonds. The Balaban J connectivity index is 2.44. The van der Waals surface area contributed by atoms with Crippen molar-refractivity contribution in [1.82, 2.24) is 4.98 Å². The van der Waals surface area contributed by atoms with Crippen LogP contribution in [0.2, 0.25) is 0 Å². The molecule has 7 heteroatoms. The average Bonchev–Trinajstić information content (AvgIpc) is 2.49. The summed E-state index contributed by atoms with van der Waals surface area (Å²) in [6.07, 6.45) is -0.656. The van der Waals surface area contributed by atoms with Crippen molar-refractivity contribution in [2.75, 3.05) is 23.4 Å². The number of rotatable bonds is 3. The minimum Gasteiger partial charge on any atom is -0.450 e. The number of benzene rings is 1. The molecule has 5 N–H and O–H groups in total. The minimum absolute atomic E-state index is 0.0653. The topological polar surface area (TPSA) is 103 Å². The quantitative estimate of drug-likeness (QED) is 0.809. The number of hydrogen-bond acceptors (Lipinski definition) is 5. The average molecular weight is 304 g/mol. The van der Waals surface area contributed by atoms with Gasteiger partial charge in [-0.25, -0.2) is 14.2 Å². The van der Waals surface area contributed by atoms with E-state index in [9.17, 15) is 9.18 Å². The van der Waals surface area contributed by atoms with E-state index in [4.69, 9.17) is 16.2 Å². The second-order valence-electron chi connectivity index (χ2n) is 4.61. The molecule has 22 heavy (non-hydrogen) atoms. The van der Waals surface area contributed by atoms with Gasteiger partial charge in [0.05, 0.1) is 18.0 Å². The number of nitrogens with zero attached hydrogens (tertiary/aromatic N) is 1. The summed E-state index contributed by atoms with van der Waals surface area (Å²) >= 11 is 0. The van der Waals surface area contributed by atoms with Crippen molar-refractivity contribution >= 4 is 23.3 Å². The van der Waals surface area contributed by atoms with Crippen LogP contribution in [-0.4, -0.2) is 17.7 Å². The summed E-state index contributed by atoms with van der Waals surface area (Å²) in [5.41, 5.74) is 14.2. The van der Waals surface area contributed by atoms with Crippen LogP contribution in [0.4, 0.5) is 26.4 Å². The summed E-state index contributed by atoms with van der Waals surface area (Å²) in [5.74, 6) is -0.279. The van der Waals surface area contributed by atoms with Gasteiger partial charge >= 0.3 is 6.09 Å². The van der Waals surface area contributed by atoms with E-state index >= 15 is 0 Å². The standard InChI is InChI=1S/C15H17FN4O2/c1-3-22-15(21)20-13-11(17)8(2)12(19-14(13)18)9-4-6-10(16)7-5-9/h4-7H,3H2,1-2H3,(H,20,21)(H4,17,18,19). The fourth-order valence-corrected chi connectivity index (χ4v) is 2.00. The fourth-order valence-electron chi connectivity index (χ4n) is 2.00. The highest BCUT2D eigenvalue weighted by molar-refractivity contribution is 5.95. The zero-order chi connectivity index (χ0) is 16.3. The smallest absolute Gasteiger partial charge is 0.411 e. The predicted molar refractivity (Wildman–Crippen MR) is 83.8 cm³/mol. The third-order valence-corrected chi connectivity index (χ3v) is 3.14. The molecule has 0 aliphatic heterocycles. The van der Waals surface area contributed by atoms with Crippen LogP contribution in [-0.2, 0) is 4.74 Å². The largest absolute Gasteiger partial charge is 0.450 e. The number of halogens is 1. The number of carbonyl (C=O) groups is 1. The summed E-state index contributed by atoms with van der Waals surface area (Å²) in [6.45, 7) is 3.66. The maximum atomic E-state index is 13.0. The van der Waals surface area contributed by atoms with E-state index in [1.165, 1.54) is 12.1 Å². The van der Waals surface area contributed by atoms with Crippen LogP contribution in [0.25, 0.3) is 11.3 Å². The highest BCUT2D eigenvalue weighted by atomic mass is 19.1. The van der Waals surface area contributed by atoms with E-state index in [2.05, 4.69) is 10.3 Å². The molecule has 1 aromatic carbocycles. The molecule has 0 fully saturated rings. The van der Waals surface area contributed by atoms with Crippen molar-refractivity contribution in [3.63, 3.8) is 0 Å². The Labute approximate surface area is 127 Å². The number of aromatic nitrogens is 1. The molecule has 1 aromatic heterocycles. The minimum atomic E-state index is -0.656. The van der Waals surface area contributed by atoms with Gasteiger partial charge in [0.1, 0.15) is 17.3 Å². The van der Waals surface area contributed by atoms with E-state index in [1.54, 1.807) is 26.0 Å². The fraction of sp³-hybridized carbons (Fsp3) is 0.200. The number of carbonyl (C=O) groups excluding carboxylic acids is 1. The maximum absolute atomic E-state index is 13.0. The first-order valence-corrected chi connectivity index (χ1v) is 6.69. The molecule has 0 aliphatic rings. The number of nitrogens with two attached hydrogens (primary N) is 2. The van der Waals surface area contributed by atoms with Gasteiger partial charge in [-0.3, -0.25) is 5.32 Å². The van der Waals surface area contributed by atoms with Gasteiger partial charge in [-0.1, -0.05) is 0 Å². The lowest BCUT2D eigenvalue weighted by Crippen LogP contribution is -2.17. The van der Waals surface area contributed by atoms with Gasteiger partial charge in [0.2, 0.25) is 0 Å². The van der Waals surface area contributed by atoms with E-state index < -0.39 is 6.09 Å². The molecule has 0 atom stereocenters. The van der Waals surface area contributed by atoms with Crippen molar-refractivity contribution in [3.8, 4) is 11.3 Å². The van der Waals surface area contributed by atoms with Crippen molar-refractivity contribution in [2.24, 2.45) is 0 Å². The predicted octanol–water partition coefficient (Wildman–Crippen LogP) is 2.93. The number of pyridine rings is 1. The van der Waals surface area contributed by atoms with Gasteiger partial charge in [0.25, 0.3) is 0 Å². The summed E-state index contributed by atoms with van der Waals surface area (Å²) < 4.78 is 17.8. The Kier molecular flexibility index (Phi) is 4.45. The summed E-state index contributed by atoms with van der Waals surface area (Å²) in [7, 11) is 0. The Hall–Kier alpha value is -2.83. The molecule has 2 rings (SSSR count). The van der Waals surface area contributed by atoms with Gasteiger partial charge in [-0.2, -0.15) is 0 Å². The van der Waals surface area contributed by atoms with Crippen LogP contribution in [0, 0.1) is 12.7 Å². The molecule has 0 spiro atoms. The number of ether oxygens (including phenoxy) is 1. The van der Waals surface area contributed by atoms with Crippen LogP contribution in [0.5, 0.6) is 0 Å². The first-order valence-electron chi connectivity index (χ1n) is 6.69. The van der Waals surface area contributed by atoms with Crippen LogP contribution in [0.15, 0.2) is 24.3 Å². The molecule has 0 saturated carbocycles. The van der Waals surface area contributed by atoms with Crippen molar-refractivity contribution < 1.29 is 13.9 Å². The zero-order valence-corrected chi connectivity index (χ0v) is 12.3. The third kappa shape index (κ3) is 3.08. The molecule has 116 valence electrons. The number of hydrogen-bond donors (Lipinski definition) is 3. The third-order valence-electron chi connectivity index (χ3n) is 3.14. The Morgan fingerprint density at radius 3 is 2.55 bits per heavy atom. The normalized spacial score (nSPS) is 10.3. The second-order valence-corrected chi connectivity index (χ2v) is 4.61. The highest BCUT2D eigenvalue weighted by Gasteiger charge is 2.17. The number of amides is 1. The monoisotopic (exact) mass is 304 g/mol. The highest BCUT2D eigenvalue weighted by Crippen LogP contribution is 2.34. The Morgan fingerprint density at radius 1 is 1.32 bits per heavy atom. The van der Waals surface area contributed by atoms with Crippen molar-refractivity contribution in [2.45, 2.75) is 13.8 Å². The SMILES string of the molecule is CCOC(=O)Nc1c(N)nc(-c2ccc(F)cc2)c(C)c1N. The summed E-state index contributed by atoms with van der Waals surface area (Å²) in [5, 5.41) is 2.47. The van der Waals surface area contributed by atoms with Gasteiger partial charge in [-0.15, -0.1) is 0 Å². The number of anilines is 3. The van der Waals surface area contributed by atoms with Crippen LogP contribution in [0.3, 0.4) is 0 Å². The molecular weight excluding hydrogens is 287 g/mol. The van der Waals surface area contributed by atoms with Crippen LogP contribution in [0.1, 0.15) is 12.5 Å².